The third-order valence-corrected chi connectivity index (χ3v) is 6.86. The molecule has 18 heavy (non-hydrogen) atoms. The van der Waals surface area contributed by atoms with Gasteiger partial charge in [-0.15, -0.1) is 0 Å². The van der Waals surface area contributed by atoms with Crippen LogP contribution in [0.15, 0.2) is 0 Å². The average molecular weight is 341 g/mol. The first-order valence-corrected chi connectivity index (χ1v) is 8.79. The molecule has 5 nitrogen and oxygen atoms in total. The number of alkyl halides is 1. The molecule has 0 aromatic rings. The standard InChI is InChI=1S/C11H21BrN2O3S/c1-13(11-5-3-2-4-10(11)12)18(15,16)14-6-8-17-9-7-14/h10-11H,2-9H2,1H3. The Labute approximate surface area is 118 Å². The smallest absolute Gasteiger partial charge is 0.282 e. The second-order valence-corrected chi connectivity index (χ2v) is 8.07. The van der Waals surface area contributed by atoms with Crippen LogP contribution in [0.25, 0.3) is 0 Å². The van der Waals surface area contributed by atoms with Crippen LogP contribution >= 0.6 is 15.9 Å². The van der Waals surface area contributed by atoms with E-state index in [2.05, 4.69) is 15.9 Å². The van der Waals surface area contributed by atoms with E-state index in [4.69, 9.17) is 4.74 Å². The molecule has 1 aliphatic carbocycles. The van der Waals surface area contributed by atoms with Crippen molar-refractivity contribution < 1.29 is 13.2 Å². The summed E-state index contributed by atoms with van der Waals surface area (Å²) >= 11 is 3.62. The zero-order valence-electron chi connectivity index (χ0n) is 10.7. The first-order valence-electron chi connectivity index (χ1n) is 6.48. The number of ether oxygens (including phenoxy) is 1. The van der Waals surface area contributed by atoms with Gasteiger partial charge in [0.1, 0.15) is 0 Å². The van der Waals surface area contributed by atoms with Crippen molar-refractivity contribution in [2.75, 3.05) is 33.4 Å². The van der Waals surface area contributed by atoms with Crippen LogP contribution < -0.4 is 0 Å². The highest BCUT2D eigenvalue weighted by Crippen LogP contribution is 2.30. The van der Waals surface area contributed by atoms with Crippen LogP contribution in [0.5, 0.6) is 0 Å². The lowest BCUT2D eigenvalue weighted by Crippen LogP contribution is -2.52. The van der Waals surface area contributed by atoms with Crippen LogP contribution in [0.2, 0.25) is 0 Å². The minimum Gasteiger partial charge on any atom is -0.379 e. The quantitative estimate of drug-likeness (QED) is 0.725. The number of morpholine rings is 1. The van der Waals surface area contributed by atoms with E-state index in [0.29, 0.717) is 26.3 Å². The lowest BCUT2D eigenvalue weighted by Gasteiger charge is -2.38. The first kappa shape index (κ1) is 14.7. The van der Waals surface area contributed by atoms with Gasteiger partial charge in [-0.25, -0.2) is 0 Å². The SMILES string of the molecule is CN(C1CCCCC1Br)S(=O)(=O)N1CCOCC1. The maximum Gasteiger partial charge on any atom is 0.282 e. The topological polar surface area (TPSA) is 49.9 Å². The Morgan fingerprint density at radius 2 is 1.83 bits per heavy atom. The Morgan fingerprint density at radius 3 is 2.44 bits per heavy atom. The van der Waals surface area contributed by atoms with Crippen molar-refractivity contribution in [1.29, 1.82) is 0 Å². The lowest BCUT2D eigenvalue weighted by molar-refractivity contribution is 0.0695. The second kappa shape index (κ2) is 6.17. The molecule has 1 saturated heterocycles. The van der Waals surface area contributed by atoms with E-state index in [1.165, 1.54) is 10.7 Å². The van der Waals surface area contributed by atoms with Crippen LogP contribution in [0, 0.1) is 0 Å². The highest BCUT2D eigenvalue weighted by molar-refractivity contribution is 9.09. The van der Waals surface area contributed by atoms with Crippen LogP contribution in [-0.2, 0) is 14.9 Å². The summed E-state index contributed by atoms with van der Waals surface area (Å²) in [4.78, 5) is 0.270. The predicted octanol–water partition coefficient (Wildman–Crippen LogP) is 1.20. The van der Waals surface area contributed by atoms with Gasteiger partial charge >= 0.3 is 0 Å². The third kappa shape index (κ3) is 3.07. The molecule has 2 unspecified atom stereocenters. The number of rotatable bonds is 3. The summed E-state index contributed by atoms with van der Waals surface area (Å²) in [7, 11) is -1.63. The summed E-state index contributed by atoms with van der Waals surface area (Å²) in [5.41, 5.74) is 0. The molecule has 2 fully saturated rings. The summed E-state index contributed by atoms with van der Waals surface area (Å²) in [6.07, 6.45) is 4.28. The molecule has 0 amide bonds. The van der Waals surface area contributed by atoms with Crippen LogP contribution in [0.4, 0.5) is 0 Å². The van der Waals surface area contributed by atoms with Gasteiger partial charge in [0.05, 0.1) is 13.2 Å². The fourth-order valence-electron chi connectivity index (χ4n) is 2.61. The number of hydrogen-bond donors (Lipinski definition) is 0. The van der Waals surface area contributed by atoms with Gasteiger partial charge in [0.25, 0.3) is 10.2 Å². The number of hydrogen-bond acceptors (Lipinski definition) is 3. The van der Waals surface area contributed by atoms with Gasteiger partial charge in [-0.3, -0.25) is 0 Å². The monoisotopic (exact) mass is 340 g/mol. The summed E-state index contributed by atoms with van der Waals surface area (Å²) in [5.74, 6) is 0. The van der Waals surface area contributed by atoms with Crippen molar-refractivity contribution in [3.8, 4) is 0 Å². The van der Waals surface area contributed by atoms with Crippen molar-refractivity contribution in [1.82, 2.24) is 8.61 Å². The molecule has 2 atom stereocenters. The van der Waals surface area contributed by atoms with E-state index < -0.39 is 10.2 Å². The van der Waals surface area contributed by atoms with E-state index in [-0.39, 0.29) is 10.9 Å². The molecule has 0 aromatic heterocycles. The van der Waals surface area contributed by atoms with Crippen LogP contribution in [-0.4, -0.2) is 61.2 Å². The minimum atomic E-state index is -3.34. The fourth-order valence-corrected chi connectivity index (χ4v) is 5.27. The average Bonchev–Trinajstić information content (AvgIpc) is 2.39. The van der Waals surface area contributed by atoms with Crippen LogP contribution in [0.1, 0.15) is 25.7 Å². The zero-order valence-corrected chi connectivity index (χ0v) is 13.1. The van der Waals surface area contributed by atoms with Crippen molar-refractivity contribution in [3.63, 3.8) is 0 Å². The van der Waals surface area contributed by atoms with E-state index in [1.807, 2.05) is 0 Å². The summed E-state index contributed by atoms with van der Waals surface area (Å²) < 4.78 is 33.3. The van der Waals surface area contributed by atoms with Gasteiger partial charge < -0.3 is 4.74 Å². The van der Waals surface area contributed by atoms with Crippen molar-refractivity contribution in [2.45, 2.75) is 36.6 Å². The van der Waals surface area contributed by atoms with Crippen LogP contribution in [0.3, 0.4) is 0 Å². The van der Waals surface area contributed by atoms with Crippen molar-refractivity contribution >= 4 is 26.1 Å². The summed E-state index contributed by atoms with van der Waals surface area (Å²) in [6, 6.07) is 0.0756. The molecule has 1 aliphatic heterocycles. The molecule has 7 heteroatoms. The van der Waals surface area contributed by atoms with Gasteiger partial charge in [0.2, 0.25) is 0 Å². The van der Waals surface area contributed by atoms with E-state index in [1.54, 1.807) is 11.4 Å². The molecular formula is C11H21BrN2O3S. The largest absolute Gasteiger partial charge is 0.379 e. The van der Waals surface area contributed by atoms with Gasteiger partial charge in [-0.05, 0) is 12.8 Å². The molecule has 0 bridgehead atoms. The van der Waals surface area contributed by atoms with E-state index >= 15 is 0 Å². The molecule has 2 aliphatic rings. The lowest BCUT2D eigenvalue weighted by atomic mass is 9.96. The Kier molecular flexibility index (Phi) is 5.05. The molecule has 2 rings (SSSR count). The molecule has 0 N–H and O–H groups in total. The van der Waals surface area contributed by atoms with Gasteiger partial charge in [0.15, 0.2) is 0 Å². The first-order chi connectivity index (χ1) is 8.53. The van der Waals surface area contributed by atoms with E-state index in [0.717, 1.165) is 19.3 Å². The molecular weight excluding hydrogens is 320 g/mol. The van der Waals surface area contributed by atoms with Gasteiger partial charge in [-0.2, -0.15) is 17.0 Å². The highest BCUT2D eigenvalue weighted by Gasteiger charge is 2.36. The molecule has 0 spiro atoms. The fraction of sp³-hybridized carbons (Fsp3) is 1.00. The third-order valence-electron chi connectivity index (χ3n) is 3.77. The van der Waals surface area contributed by atoms with Gasteiger partial charge in [0, 0.05) is 31.0 Å². The highest BCUT2D eigenvalue weighted by atomic mass is 79.9. The van der Waals surface area contributed by atoms with Crippen molar-refractivity contribution in [3.05, 3.63) is 0 Å². The Balaban J connectivity index is 2.07. The molecule has 1 heterocycles. The maximum absolute atomic E-state index is 12.5. The summed E-state index contributed by atoms with van der Waals surface area (Å²) in [6.45, 7) is 1.92. The van der Waals surface area contributed by atoms with Crippen molar-refractivity contribution in [2.24, 2.45) is 0 Å². The molecule has 0 radical (unpaired) electrons. The molecule has 106 valence electrons. The minimum absolute atomic E-state index is 0.0756. The predicted molar refractivity (Wildman–Crippen MR) is 74.0 cm³/mol. The van der Waals surface area contributed by atoms with Gasteiger partial charge in [-0.1, -0.05) is 28.8 Å². The second-order valence-electron chi connectivity index (χ2n) is 4.90. The Morgan fingerprint density at radius 1 is 1.22 bits per heavy atom. The van der Waals surface area contributed by atoms with E-state index in [9.17, 15) is 8.42 Å². The molecule has 1 saturated carbocycles. The number of halogens is 1. The Hall–Kier alpha value is 0.310. The molecule has 0 aromatic carbocycles. The summed E-state index contributed by atoms with van der Waals surface area (Å²) in [5, 5.41) is 0. The number of nitrogens with zero attached hydrogens (tertiary/aromatic N) is 2. The Bertz CT molecular complexity index is 370. The maximum atomic E-state index is 12.5. The zero-order chi connectivity index (χ0) is 13.2. The normalized spacial score (nSPS) is 31.7.